The van der Waals surface area contributed by atoms with E-state index in [9.17, 15) is 4.79 Å². The lowest BCUT2D eigenvalue weighted by Crippen LogP contribution is -2.28. The van der Waals surface area contributed by atoms with Crippen molar-refractivity contribution in [1.29, 1.82) is 0 Å². The fraction of sp³-hybridized carbons (Fsp3) is 0.714. The Bertz CT molecular complexity index is 495. The van der Waals surface area contributed by atoms with Crippen LogP contribution in [0.2, 0.25) is 0 Å². The maximum absolute atomic E-state index is 11.1. The van der Waals surface area contributed by atoms with Crippen molar-refractivity contribution in [3.05, 3.63) is 17.5 Å². The molecule has 1 aliphatic heterocycles. The van der Waals surface area contributed by atoms with Crippen LogP contribution < -0.4 is 5.32 Å². The summed E-state index contributed by atoms with van der Waals surface area (Å²) in [6, 6.07) is 0.857. The first-order valence-electron chi connectivity index (χ1n) is 7.34. The van der Waals surface area contributed by atoms with Gasteiger partial charge in [-0.25, -0.2) is 4.79 Å². The van der Waals surface area contributed by atoms with Crippen LogP contribution in [0.5, 0.6) is 0 Å². The summed E-state index contributed by atoms with van der Waals surface area (Å²) in [7, 11) is 1.79. The van der Waals surface area contributed by atoms with Gasteiger partial charge in [-0.05, 0) is 38.3 Å². The second-order valence-electron chi connectivity index (χ2n) is 5.95. The Morgan fingerprint density at radius 2 is 2.30 bits per heavy atom. The Balaban J connectivity index is 1.48. The largest absolute Gasteiger partial charge is 0.478 e. The van der Waals surface area contributed by atoms with Gasteiger partial charge in [-0.15, -0.1) is 0 Å². The van der Waals surface area contributed by atoms with Crippen LogP contribution in [0.4, 0.5) is 0 Å². The number of nitrogens with zero attached hydrogens (tertiary/aromatic N) is 3. The zero-order valence-corrected chi connectivity index (χ0v) is 11.9. The van der Waals surface area contributed by atoms with Gasteiger partial charge in [0.1, 0.15) is 5.56 Å². The van der Waals surface area contributed by atoms with Gasteiger partial charge in [0, 0.05) is 26.2 Å². The molecule has 1 unspecified atom stereocenters. The van der Waals surface area contributed by atoms with E-state index >= 15 is 0 Å². The third-order valence-electron chi connectivity index (χ3n) is 4.40. The second-order valence-corrected chi connectivity index (χ2v) is 5.95. The summed E-state index contributed by atoms with van der Waals surface area (Å²) in [5.74, 6) is -0.215. The van der Waals surface area contributed by atoms with E-state index in [-0.39, 0.29) is 0 Å². The molecule has 3 rings (SSSR count). The smallest absolute Gasteiger partial charge is 0.339 e. The molecule has 0 radical (unpaired) electrons. The first-order valence-corrected chi connectivity index (χ1v) is 7.34. The third kappa shape index (κ3) is 2.86. The summed E-state index contributed by atoms with van der Waals surface area (Å²) in [5, 5.41) is 16.5. The number of aromatic carboxylic acids is 1. The van der Waals surface area contributed by atoms with Crippen LogP contribution in [-0.4, -0.2) is 51.4 Å². The van der Waals surface area contributed by atoms with Crippen LogP contribution in [0.15, 0.2) is 6.20 Å². The van der Waals surface area contributed by atoms with E-state index in [0.717, 1.165) is 18.3 Å². The van der Waals surface area contributed by atoms with Gasteiger partial charge in [0.05, 0.1) is 11.9 Å². The summed E-state index contributed by atoms with van der Waals surface area (Å²) in [6.07, 6.45) is 5.42. The van der Waals surface area contributed by atoms with Crippen LogP contribution in [0, 0.1) is 5.92 Å². The average Bonchev–Trinajstić information content (AvgIpc) is 3.05. The van der Waals surface area contributed by atoms with Crippen molar-refractivity contribution in [1.82, 2.24) is 20.0 Å². The van der Waals surface area contributed by atoms with Gasteiger partial charge in [-0.3, -0.25) is 4.68 Å². The maximum atomic E-state index is 11.1. The van der Waals surface area contributed by atoms with Crippen LogP contribution in [-0.2, 0) is 13.6 Å². The topological polar surface area (TPSA) is 70.4 Å². The number of carboxylic acid groups (broad SMARTS) is 1. The summed E-state index contributed by atoms with van der Waals surface area (Å²) < 4.78 is 1.64. The van der Waals surface area contributed by atoms with Crippen LogP contribution >= 0.6 is 0 Å². The predicted octanol–water partition coefficient (Wildman–Crippen LogP) is 0.692. The van der Waals surface area contributed by atoms with E-state index in [1.807, 2.05) is 0 Å². The number of hydrogen-bond acceptors (Lipinski definition) is 4. The minimum atomic E-state index is -0.907. The average molecular weight is 278 g/mol. The molecule has 1 saturated heterocycles. The molecule has 1 aromatic heterocycles. The first kappa shape index (κ1) is 13.6. The number of nitrogens with one attached hydrogen (secondary N) is 1. The van der Waals surface area contributed by atoms with E-state index in [1.54, 1.807) is 11.7 Å². The molecule has 2 fully saturated rings. The number of aryl methyl sites for hydroxylation is 1. The van der Waals surface area contributed by atoms with E-state index in [1.165, 1.54) is 38.5 Å². The lowest BCUT2D eigenvalue weighted by Gasteiger charge is -2.15. The molecule has 6 nitrogen and oxygen atoms in total. The van der Waals surface area contributed by atoms with E-state index in [4.69, 9.17) is 5.11 Å². The molecular formula is C14H22N4O2. The fourth-order valence-electron chi connectivity index (χ4n) is 3.05. The number of carbonyl (C=O) groups is 1. The highest BCUT2D eigenvalue weighted by Gasteiger charge is 2.34. The van der Waals surface area contributed by atoms with Crippen molar-refractivity contribution in [2.45, 2.75) is 31.8 Å². The zero-order chi connectivity index (χ0) is 14.1. The van der Waals surface area contributed by atoms with Crippen molar-refractivity contribution in [3.63, 3.8) is 0 Å². The molecule has 1 atom stereocenters. The van der Waals surface area contributed by atoms with E-state index < -0.39 is 5.97 Å². The van der Waals surface area contributed by atoms with Crippen LogP contribution in [0.25, 0.3) is 0 Å². The Kier molecular flexibility index (Phi) is 3.76. The Labute approximate surface area is 118 Å². The highest BCUT2D eigenvalue weighted by atomic mass is 16.4. The predicted molar refractivity (Wildman–Crippen MR) is 74.6 cm³/mol. The van der Waals surface area contributed by atoms with Gasteiger partial charge in [0.25, 0.3) is 0 Å². The lowest BCUT2D eigenvalue weighted by molar-refractivity contribution is 0.0695. The standard InChI is InChI=1S/C14H22N4O2/c1-17-13(12(7-16-17)14(19)20)8-15-6-10-4-5-18(9-10)11-2-3-11/h7,10-11,15H,2-6,8-9H2,1H3,(H,19,20). The molecule has 2 aliphatic rings. The van der Waals surface area contributed by atoms with Gasteiger partial charge < -0.3 is 15.3 Å². The van der Waals surface area contributed by atoms with Crippen molar-refractivity contribution < 1.29 is 9.90 Å². The molecule has 6 heteroatoms. The van der Waals surface area contributed by atoms with Gasteiger partial charge in [-0.1, -0.05) is 0 Å². The van der Waals surface area contributed by atoms with Crippen molar-refractivity contribution in [2.75, 3.05) is 19.6 Å². The molecule has 20 heavy (non-hydrogen) atoms. The summed E-state index contributed by atoms with van der Waals surface area (Å²) in [5.41, 5.74) is 1.04. The molecule has 0 amide bonds. The number of hydrogen-bond donors (Lipinski definition) is 2. The highest BCUT2D eigenvalue weighted by Crippen LogP contribution is 2.31. The molecule has 110 valence electrons. The highest BCUT2D eigenvalue weighted by molar-refractivity contribution is 5.88. The molecule has 2 heterocycles. The summed E-state index contributed by atoms with van der Waals surface area (Å²) >= 11 is 0. The molecule has 2 N–H and O–H groups in total. The molecule has 0 aromatic carbocycles. The molecule has 1 aromatic rings. The van der Waals surface area contributed by atoms with Crippen molar-refractivity contribution >= 4 is 5.97 Å². The second kappa shape index (κ2) is 5.54. The van der Waals surface area contributed by atoms with Gasteiger partial charge in [0.15, 0.2) is 0 Å². The van der Waals surface area contributed by atoms with Crippen LogP contribution in [0.1, 0.15) is 35.3 Å². The van der Waals surface area contributed by atoms with Gasteiger partial charge in [0.2, 0.25) is 0 Å². The monoisotopic (exact) mass is 278 g/mol. The normalized spacial score (nSPS) is 23.4. The lowest BCUT2D eigenvalue weighted by atomic mass is 10.1. The van der Waals surface area contributed by atoms with Gasteiger partial charge in [-0.2, -0.15) is 5.10 Å². The summed E-state index contributed by atoms with van der Waals surface area (Å²) in [4.78, 5) is 13.7. The Hall–Kier alpha value is -1.40. The number of likely N-dealkylation sites (tertiary alicyclic amines) is 1. The van der Waals surface area contributed by atoms with Crippen molar-refractivity contribution in [2.24, 2.45) is 13.0 Å². The minimum absolute atomic E-state index is 0.297. The van der Waals surface area contributed by atoms with E-state index in [0.29, 0.717) is 18.0 Å². The first-order chi connectivity index (χ1) is 9.65. The molecule has 0 spiro atoms. The minimum Gasteiger partial charge on any atom is -0.478 e. The molecule has 1 saturated carbocycles. The Morgan fingerprint density at radius 3 is 3.00 bits per heavy atom. The molecular weight excluding hydrogens is 256 g/mol. The zero-order valence-electron chi connectivity index (χ0n) is 11.9. The summed E-state index contributed by atoms with van der Waals surface area (Å²) in [6.45, 7) is 3.93. The number of rotatable bonds is 6. The van der Waals surface area contributed by atoms with Gasteiger partial charge >= 0.3 is 5.97 Å². The maximum Gasteiger partial charge on any atom is 0.339 e. The molecule has 1 aliphatic carbocycles. The Morgan fingerprint density at radius 1 is 1.50 bits per heavy atom. The van der Waals surface area contributed by atoms with Crippen LogP contribution in [0.3, 0.4) is 0 Å². The fourth-order valence-corrected chi connectivity index (χ4v) is 3.05. The number of aromatic nitrogens is 2. The quantitative estimate of drug-likeness (QED) is 0.801. The molecule has 0 bridgehead atoms. The van der Waals surface area contributed by atoms with E-state index in [2.05, 4.69) is 15.3 Å². The van der Waals surface area contributed by atoms with Crippen molar-refractivity contribution in [3.8, 4) is 0 Å². The number of carboxylic acids is 1. The third-order valence-corrected chi connectivity index (χ3v) is 4.40. The SMILES string of the molecule is Cn1ncc(C(=O)O)c1CNCC1CCN(C2CC2)C1.